The largest absolute Gasteiger partial charge is 0.309 e. The molecule has 170 valence electrons. The van der Waals surface area contributed by atoms with E-state index in [9.17, 15) is 14.9 Å². The summed E-state index contributed by atoms with van der Waals surface area (Å²) in [4.78, 5) is 29.7. The molecule has 0 saturated carbocycles. The Bertz CT molecular complexity index is 1430. The van der Waals surface area contributed by atoms with Crippen LogP contribution in [0.4, 0.5) is 5.82 Å². The van der Waals surface area contributed by atoms with Gasteiger partial charge >= 0.3 is 0 Å². The fourth-order valence-electron chi connectivity index (χ4n) is 4.03. The Balaban J connectivity index is 1.54. The lowest BCUT2D eigenvalue weighted by Gasteiger charge is -2.13. The molecule has 34 heavy (non-hydrogen) atoms. The van der Waals surface area contributed by atoms with Gasteiger partial charge in [-0.05, 0) is 50.5 Å². The van der Waals surface area contributed by atoms with Crippen molar-refractivity contribution in [3.63, 3.8) is 0 Å². The Morgan fingerprint density at radius 3 is 2.53 bits per heavy atom. The first kappa shape index (κ1) is 22.9. The summed E-state index contributed by atoms with van der Waals surface area (Å²) in [6, 6.07) is 17.2. The predicted molar refractivity (Wildman–Crippen MR) is 131 cm³/mol. The van der Waals surface area contributed by atoms with Gasteiger partial charge < -0.3 is 5.32 Å². The monoisotopic (exact) mass is 451 g/mol. The van der Waals surface area contributed by atoms with Crippen molar-refractivity contribution in [2.24, 2.45) is 0 Å². The molecule has 0 aliphatic carbocycles. The summed E-state index contributed by atoms with van der Waals surface area (Å²) in [7, 11) is 0. The van der Waals surface area contributed by atoms with Crippen LogP contribution in [-0.4, -0.2) is 26.5 Å². The fraction of sp³-hybridized carbons (Fsp3) is 0.222. The summed E-state index contributed by atoms with van der Waals surface area (Å²) in [6.45, 7) is 6.06. The van der Waals surface area contributed by atoms with E-state index in [0.29, 0.717) is 17.8 Å². The summed E-state index contributed by atoms with van der Waals surface area (Å²) < 4.78 is 1.48. The van der Waals surface area contributed by atoms with Crippen molar-refractivity contribution < 1.29 is 9.59 Å². The molecular formula is C27H25N5O2. The number of pyridine rings is 1. The smallest absolute Gasteiger partial charge is 0.225 e. The molecule has 0 atom stereocenters. The molecule has 2 aromatic heterocycles. The number of anilines is 1. The van der Waals surface area contributed by atoms with Crippen LogP contribution in [0.1, 0.15) is 51.9 Å². The van der Waals surface area contributed by atoms with E-state index < -0.39 is 0 Å². The van der Waals surface area contributed by atoms with E-state index in [1.807, 2.05) is 45.0 Å². The summed E-state index contributed by atoms with van der Waals surface area (Å²) in [5.74, 6) is 0.506. The minimum atomic E-state index is -0.288. The Kier molecular flexibility index (Phi) is 6.51. The number of carbonyl (C=O) groups is 2. The van der Waals surface area contributed by atoms with Crippen molar-refractivity contribution in [2.75, 3.05) is 5.32 Å². The van der Waals surface area contributed by atoms with Gasteiger partial charge in [-0.25, -0.2) is 4.98 Å². The highest BCUT2D eigenvalue weighted by molar-refractivity contribution is 5.97. The zero-order valence-corrected chi connectivity index (χ0v) is 19.4. The first-order valence-corrected chi connectivity index (χ1v) is 11.1. The Morgan fingerprint density at radius 1 is 1.03 bits per heavy atom. The van der Waals surface area contributed by atoms with E-state index in [2.05, 4.69) is 28.6 Å². The van der Waals surface area contributed by atoms with E-state index in [-0.39, 0.29) is 35.9 Å². The van der Waals surface area contributed by atoms with Crippen LogP contribution < -0.4 is 5.32 Å². The Morgan fingerprint density at radius 2 is 1.79 bits per heavy atom. The van der Waals surface area contributed by atoms with Crippen LogP contribution >= 0.6 is 0 Å². The summed E-state index contributed by atoms with van der Waals surface area (Å²) in [5.41, 5.74) is 4.96. The third-order valence-electron chi connectivity index (χ3n) is 5.71. The third kappa shape index (κ3) is 4.71. The lowest BCUT2D eigenvalue weighted by molar-refractivity contribution is -0.116. The predicted octanol–water partition coefficient (Wildman–Crippen LogP) is 5.21. The van der Waals surface area contributed by atoms with E-state index in [1.165, 1.54) is 10.9 Å². The normalized spacial score (nSPS) is 10.8. The standard InChI is InChI=1S/C27H25N5O2/c1-17-12-19(3)26-22(13-17)18(2)14-24(30-26)32-27(21(15-28)16-29-32)31-25(34)11-7-10-23(33)20-8-5-4-6-9-20/h4-6,8-9,12-14,16H,7,10-11H2,1-3H3,(H,31,34). The lowest BCUT2D eigenvalue weighted by atomic mass is 10.0. The highest BCUT2D eigenvalue weighted by Crippen LogP contribution is 2.26. The molecule has 2 aromatic carbocycles. The molecule has 4 aromatic rings. The number of nitrogens with zero attached hydrogens (tertiary/aromatic N) is 4. The highest BCUT2D eigenvalue weighted by atomic mass is 16.1. The van der Waals surface area contributed by atoms with Gasteiger partial charge in [-0.15, -0.1) is 0 Å². The number of nitriles is 1. The molecule has 0 unspecified atom stereocenters. The molecule has 1 amide bonds. The first-order chi connectivity index (χ1) is 16.4. The van der Waals surface area contributed by atoms with Gasteiger partial charge in [0.05, 0.1) is 11.7 Å². The van der Waals surface area contributed by atoms with Crippen LogP contribution in [0.5, 0.6) is 0 Å². The molecule has 7 heteroatoms. The molecule has 0 aliphatic rings. The molecule has 2 heterocycles. The topological polar surface area (TPSA) is 101 Å². The summed E-state index contributed by atoms with van der Waals surface area (Å²) >= 11 is 0. The van der Waals surface area contributed by atoms with E-state index in [4.69, 9.17) is 4.98 Å². The van der Waals surface area contributed by atoms with Gasteiger partial charge in [-0.1, -0.05) is 42.0 Å². The van der Waals surface area contributed by atoms with Crippen LogP contribution in [0, 0.1) is 32.1 Å². The molecular weight excluding hydrogens is 426 g/mol. The molecule has 7 nitrogen and oxygen atoms in total. The number of fused-ring (bicyclic) bond motifs is 1. The van der Waals surface area contributed by atoms with Crippen LogP contribution in [0.3, 0.4) is 0 Å². The number of amides is 1. The van der Waals surface area contributed by atoms with Gasteiger partial charge in [0, 0.05) is 23.8 Å². The quantitative estimate of drug-likeness (QED) is 0.389. The van der Waals surface area contributed by atoms with Crippen molar-refractivity contribution in [1.82, 2.24) is 14.8 Å². The number of rotatable bonds is 7. The Labute approximate surface area is 198 Å². The number of aromatic nitrogens is 3. The lowest BCUT2D eigenvalue weighted by Crippen LogP contribution is -2.16. The molecule has 0 spiro atoms. The van der Waals surface area contributed by atoms with Crippen LogP contribution in [-0.2, 0) is 4.79 Å². The highest BCUT2D eigenvalue weighted by Gasteiger charge is 2.18. The van der Waals surface area contributed by atoms with Crippen molar-refractivity contribution in [1.29, 1.82) is 5.26 Å². The maximum atomic E-state index is 12.7. The number of nitrogens with one attached hydrogen (secondary N) is 1. The van der Waals surface area contributed by atoms with Crippen LogP contribution in [0.25, 0.3) is 16.7 Å². The zero-order valence-electron chi connectivity index (χ0n) is 19.4. The average Bonchev–Trinajstić information content (AvgIpc) is 3.22. The molecule has 0 saturated heterocycles. The number of aryl methyl sites for hydroxylation is 3. The van der Waals surface area contributed by atoms with E-state index in [1.54, 1.807) is 12.1 Å². The van der Waals surface area contributed by atoms with Crippen molar-refractivity contribution in [3.8, 4) is 11.9 Å². The number of hydrogen-bond acceptors (Lipinski definition) is 5. The molecule has 0 radical (unpaired) electrons. The second-order valence-electron chi connectivity index (χ2n) is 8.40. The summed E-state index contributed by atoms with van der Waals surface area (Å²) in [5, 5.41) is 17.7. The minimum absolute atomic E-state index is 0.00222. The van der Waals surface area contributed by atoms with Gasteiger partial charge in [0.2, 0.25) is 5.91 Å². The number of hydrogen-bond donors (Lipinski definition) is 1. The first-order valence-electron chi connectivity index (χ1n) is 11.1. The third-order valence-corrected chi connectivity index (χ3v) is 5.71. The second-order valence-corrected chi connectivity index (χ2v) is 8.40. The van der Waals surface area contributed by atoms with Gasteiger partial charge in [0.15, 0.2) is 17.4 Å². The maximum Gasteiger partial charge on any atom is 0.225 e. The van der Waals surface area contributed by atoms with Gasteiger partial charge in [-0.3, -0.25) is 9.59 Å². The fourth-order valence-corrected chi connectivity index (χ4v) is 4.03. The molecule has 0 bridgehead atoms. The Hall–Kier alpha value is -4.31. The van der Waals surface area contributed by atoms with Crippen molar-refractivity contribution in [2.45, 2.75) is 40.0 Å². The minimum Gasteiger partial charge on any atom is -0.309 e. The van der Waals surface area contributed by atoms with Crippen LogP contribution in [0.2, 0.25) is 0 Å². The zero-order chi connectivity index (χ0) is 24.2. The van der Waals surface area contributed by atoms with Crippen molar-refractivity contribution in [3.05, 3.63) is 82.5 Å². The average molecular weight is 452 g/mol. The molecule has 0 fully saturated rings. The number of benzene rings is 2. The van der Waals surface area contributed by atoms with Gasteiger partial charge in [0.25, 0.3) is 0 Å². The number of ketones is 1. The SMILES string of the molecule is Cc1cc(C)c2nc(-n3ncc(C#N)c3NC(=O)CCCC(=O)c3ccccc3)cc(C)c2c1. The molecule has 1 N–H and O–H groups in total. The number of Topliss-reactive ketones (excluding diaryl/α,β-unsaturated/α-hetero) is 1. The van der Waals surface area contributed by atoms with Crippen molar-refractivity contribution >= 4 is 28.4 Å². The second kappa shape index (κ2) is 9.67. The van der Waals surface area contributed by atoms with E-state index >= 15 is 0 Å². The molecule has 4 rings (SSSR count). The maximum absolute atomic E-state index is 12.7. The molecule has 0 aliphatic heterocycles. The van der Waals surface area contributed by atoms with Gasteiger partial charge in [-0.2, -0.15) is 15.0 Å². The van der Waals surface area contributed by atoms with E-state index in [0.717, 1.165) is 27.6 Å². The van der Waals surface area contributed by atoms with Gasteiger partial charge in [0.1, 0.15) is 11.6 Å². The number of carbonyl (C=O) groups excluding carboxylic acids is 2. The summed E-state index contributed by atoms with van der Waals surface area (Å²) in [6.07, 6.45) is 2.24. The van der Waals surface area contributed by atoms with Crippen LogP contribution in [0.15, 0.2) is 54.7 Å².